The highest BCUT2D eigenvalue weighted by Crippen LogP contribution is 2.47. The number of nitrogen functional groups attached to an aromatic ring is 1. The quantitative estimate of drug-likeness (QED) is 0.246. The summed E-state index contributed by atoms with van der Waals surface area (Å²) in [6, 6.07) is 15.9. The molecule has 0 aliphatic carbocycles. The van der Waals surface area contributed by atoms with Crippen LogP contribution in [0.2, 0.25) is 0 Å². The summed E-state index contributed by atoms with van der Waals surface area (Å²) >= 11 is 0. The highest BCUT2D eigenvalue weighted by molar-refractivity contribution is 6.12. The predicted octanol–water partition coefficient (Wildman–Crippen LogP) is 6.77. The van der Waals surface area contributed by atoms with E-state index in [1.165, 1.54) is 23.4 Å². The molecule has 0 bridgehead atoms. The first-order chi connectivity index (χ1) is 19.5. The number of ether oxygens (including phenoxy) is 2. The Bertz CT molecular complexity index is 1840. The van der Waals surface area contributed by atoms with Gasteiger partial charge in [-0.1, -0.05) is 18.2 Å². The number of amides is 1. The lowest BCUT2D eigenvalue weighted by Gasteiger charge is -2.26. The van der Waals surface area contributed by atoms with E-state index in [1.54, 1.807) is 12.1 Å². The van der Waals surface area contributed by atoms with Gasteiger partial charge in [-0.15, -0.1) is 0 Å². The van der Waals surface area contributed by atoms with Crippen LogP contribution < -0.4 is 15.4 Å². The maximum atomic E-state index is 14.7. The van der Waals surface area contributed by atoms with Crippen LogP contribution in [0.3, 0.4) is 0 Å². The maximum Gasteiger partial charge on any atom is 0.416 e. The summed E-state index contributed by atoms with van der Waals surface area (Å²) < 4.78 is 28.5. The second-order valence-corrected chi connectivity index (χ2v) is 11.0. The fourth-order valence-electron chi connectivity index (χ4n) is 5.13. The number of halogens is 1. The lowest BCUT2D eigenvalue weighted by atomic mass is 9.95. The monoisotopic (exact) mass is 552 g/mol. The SMILES string of the molecule is Cc1cccc(Oc2ccc3c(c2)CN(C(=O)OC(C)(C)C)c2ncnc4c2c-3c(-c2ccc(N)c(F)c2)n4C)n1. The van der Waals surface area contributed by atoms with Crippen LogP contribution in [0, 0.1) is 12.7 Å². The van der Waals surface area contributed by atoms with Gasteiger partial charge < -0.3 is 19.8 Å². The second kappa shape index (κ2) is 9.58. The number of benzene rings is 2. The molecule has 208 valence electrons. The van der Waals surface area contributed by atoms with Crippen LogP contribution in [0.5, 0.6) is 11.6 Å². The molecule has 2 aromatic carbocycles. The minimum absolute atomic E-state index is 0.0573. The van der Waals surface area contributed by atoms with Crippen molar-refractivity contribution in [2.45, 2.75) is 39.8 Å². The molecule has 1 amide bonds. The minimum Gasteiger partial charge on any atom is -0.443 e. The van der Waals surface area contributed by atoms with Crippen LogP contribution in [-0.2, 0) is 18.3 Å². The summed E-state index contributed by atoms with van der Waals surface area (Å²) in [5.74, 6) is 0.882. The van der Waals surface area contributed by atoms with Crippen LogP contribution >= 0.6 is 0 Å². The molecule has 1 aliphatic rings. The largest absolute Gasteiger partial charge is 0.443 e. The molecular weight excluding hydrogens is 523 g/mol. The van der Waals surface area contributed by atoms with Crippen molar-refractivity contribution in [1.82, 2.24) is 19.5 Å². The number of hydrogen-bond acceptors (Lipinski definition) is 7. The highest BCUT2D eigenvalue weighted by atomic mass is 19.1. The number of carbonyl (C=O) groups is 1. The van der Waals surface area contributed by atoms with Gasteiger partial charge in [0.15, 0.2) is 5.82 Å². The zero-order chi connectivity index (χ0) is 29.1. The Kier molecular flexibility index (Phi) is 6.13. The first-order valence-corrected chi connectivity index (χ1v) is 13.1. The van der Waals surface area contributed by atoms with Crippen molar-refractivity contribution in [2.75, 3.05) is 10.6 Å². The van der Waals surface area contributed by atoms with Gasteiger partial charge >= 0.3 is 6.09 Å². The van der Waals surface area contributed by atoms with Crippen molar-refractivity contribution >= 4 is 28.6 Å². The predicted molar refractivity (Wildman–Crippen MR) is 155 cm³/mol. The lowest BCUT2D eigenvalue weighted by molar-refractivity contribution is 0.0577. The number of nitrogens with two attached hydrogens (primary N) is 1. The number of aromatic nitrogens is 4. The molecule has 0 spiro atoms. The number of hydrogen-bond donors (Lipinski definition) is 1. The van der Waals surface area contributed by atoms with Gasteiger partial charge in [-0.05, 0) is 69.2 Å². The highest BCUT2D eigenvalue weighted by Gasteiger charge is 2.34. The Labute approximate surface area is 236 Å². The van der Waals surface area contributed by atoms with Crippen LogP contribution in [0.25, 0.3) is 33.4 Å². The minimum atomic E-state index is -0.730. The molecule has 2 N–H and O–H groups in total. The molecule has 4 heterocycles. The van der Waals surface area contributed by atoms with Crippen molar-refractivity contribution < 1.29 is 18.7 Å². The fraction of sp³-hybridized carbons (Fsp3) is 0.226. The average Bonchev–Trinajstić information content (AvgIpc) is 3.11. The van der Waals surface area contributed by atoms with Crippen molar-refractivity contribution in [3.63, 3.8) is 0 Å². The Morgan fingerprint density at radius 3 is 2.61 bits per heavy atom. The van der Waals surface area contributed by atoms with Crippen molar-refractivity contribution in [3.05, 3.63) is 78.0 Å². The summed E-state index contributed by atoms with van der Waals surface area (Å²) in [5.41, 5.74) is 10.2. The third-order valence-electron chi connectivity index (χ3n) is 6.85. The third-order valence-corrected chi connectivity index (χ3v) is 6.85. The molecule has 1 aliphatic heterocycles. The van der Waals surface area contributed by atoms with Crippen LogP contribution in [0.4, 0.5) is 20.7 Å². The van der Waals surface area contributed by atoms with Gasteiger partial charge in [-0.3, -0.25) is 4.90 Å². The van der Waals surface area contributed by atoms with Crippen molar-refractivity contribution in [1.29, 1.82) is 0 Å². The molecule has 6 rings (SSSR count). The molecule has 10 heteroatoms. The smallest absolute Gasteiger partial charge is 0.416 e. The zero-order valence-electron chi connectivity index (χ0n) is 23.4. The molecular formula is C31H29FN6O3. The molecule has 9 nitrogen and oxygen atoms in total. The zero-order valence-corrected chi connectivity index (χ0v) is 23.4. The summed E-state index contributed by atoms with van der Waals surface area (Å²) in [7, 11) is 1.85. The Hall–Kier alpha value is -4.99. The van der Waals surface area contributed by atoms with Gasteiger partial charge in [0.05, 0.1) is 23.3 Å². The van der Waals surface area contributed by atoms with E-state index in [-0.39, 0.29) is 12.2 Å². The number of fused-ring (bicyclic) bond motifs is 2. The first kappa shape index (κ1) is 26.2. The van der Waals surface area contributed by atoms with Gasteiger partial charge in [-0.25, -0.2) is 24.1 Å². The number of nitrogens with zero attached hydrogens (tertiary/aromatic N) is 5. The van der Waals surface area contributed by atoms with E-state index in [0.717, 1.165) is 22.4 Å². The summed E-state index contributed by atoms with van der Waals surface area (Å²) in [6.45, 7) is 7.49. The summed E-state index contributed by atoms with van der Waals surface area (Å²) in [6.07, 6.45) is 0.868. The average molecular weight is 553 g/mol. The van der Waals surface area contributed by atoms with Crippen molar-refractivity contribution in [2.24, 2.45) is 7.05 Å². The van der Waals surface area contributed by atoms with E-state index in [2.05, 4.69) is 15.0 Å². The standard InChI is InChI=1S/C31H29FN6O3/c1-17-7-6-8-24(36-17)40-20-10-11-21-19(13-20)15-38(30(39)41-31(2,3)4)29-26-25(21)27(37(5)28(26)34-16-35-29)18-9-12-23(33)22(32)14-18/h6-14,16H,15,33H2,1-5H3. The fourth-order valence-corrected chi connectivity index (χ4v) is 5.13. The van der Waals surface area contributed by atoms with Crippen LogP contribution in [-0.4, -0.2) is 31.2 Å². The molecule has 5 aromatic rings. The number of carbonyl (C=O) groups excluding carboxylic acids is 1. The Morgan fingerprint density at radius 1 is 1.07 bits per heavy atom. The number of anilines is 2. The second-order valence-electron chi connectivity index (χ2n) is 11.0. The molecule has 0 saturated carbocycles. The number of aryl methyl sites for hydroxylation is 2. The van der Waals surface area contributed by atoms with Gasteiger partial charge in [0.2, 0.25) is 5.88 Å². The topological polar surface area (TPSA) is 108 Å². The summed E-state index contributed by atoms with van der Waals surface area (Å²) in [4.78, 5) is 28.7. The Balaban J connectivity index is 1.61. The van der Waals surface area contributed by atoms with E-state index >= 15 is 0 Å². The third kappa shape index (κ3) is 4.71. The first-order valence-electron chi connectivity index (χ1n) is 13.1. The Morgan fingerprint density at radius 2 is 1.88 bits per heavy atom. The van der Waals surface area contributed by atoms with Crippen LogP contribution in [0.1, 0.15) is 32.0 Å². The van der Waals surface area contributed by atoms with Gasteiger partial charge in [0.25, 0.3) is 0 Å². The number of rotatable bonds is 3. The van der Waals surface area contributed by atoms with Gasteiger partial charge in [-0.2, -0.15) is 0 Å². The van der Waals surface area contributed by atoms with E-state index in [4.69, 9.17) is 15.2 Å². The van der Waals surface area contributed by atoms with Crippen LogP contribution in [0.15, 0.2) is 60.9 Å². The van der Waals surface area contributed by atoms with Crippen molar-refractivity contribution in [3.8, 4) is 34.0 Å². The maximum absolute atomic E-state index is 14.7. The molecule has 3 aromatic heterocycles. The molecule has 0 atom stereocenters. The summed E-state index contributed by atoms with van der Waals surface area (Å²) in [5, 5.41) is 0.654. The molecule has 0 saturated heterocycles. The van der Waals surface area contributed by atoms with Gasteiger partial charge in [0.1, 0.15) is 29.1 Å². The molecule has 0 unspecified atom stereocenters. The van der Waals surface area contributed by atoms with E-state index < -0.39 is 17.5 Å². The van der Waals surface area contributed by atoms with Gasteiger partial charge in [0, 0.05) is 29.9 Å². The molecule has 41 heavy (non-hydrogen) atoms. The molecule has 0 fully saturated rings. The van der Waals surface area contributed by atoms with E-state index in [0.29, 0.717) is 39.7 Å². The van der Waals surface area contributed by atoms with E-state index in [1.807, 2.05) is 69.6 Å². The van der Waals surface area contributed by atoms with E-state index in [9.17, 15) is 9.18 Å². The molecule has 0 radical (unpaired) electrons. The lowest BCUT2D eigenvalue weighted by Crippen LogP contribution is -2.37. The number of pyridine rings is 1. The normalized spacial score (nSPS) is 12.7.